The monoisotopic (exact) mass is 356 g/mol. The second-order valence-electron chi connectivity index (χ2n) is 4.38. The number of halogens is 3. The van der Waals surface area contributed by atoms with E-state index in [1.807, 2.05) is 0 Å². The minimum atomic E-state index is -0.771. The van der Waals surface area contributed by atoms with Crippen molar-refractivity contribution in [2.24, 2.45) is 0 Å². The standard InChI is InChI=1S/C15H11Cl3N2O2/c16-10-3-5-12(6-4-10)20-15(22)14(21)19-8-9-1-2-11(17)7-13(9)18/h1-7H,8H2,(H,19,21)(H,20,22). The van der Waals surface area contributed by atoms with Crippen LogP contribution in [0.3, 0.4) is 0 Å². The average molecular weight is 358 g/mol. The van der Waals surface area contributed by atoms with Crippen LogP contribution in [-0.4, -0.2) is 11.8 Å². The molecule has 2 aromatic carbocycles. The van der Waals surface area contributed by atoms with Crippen LogP contribution in [0.4, 0.5) is 5.69 Å². The van der Waals surface area contributed by atoms with Gasteiger partial charge in [-0.3, -0.25) is 9.59 Å². The van der Waals surface area contributed by atoms with Crippen molar-refractivity contribution in [3.05, 3.63) is 63.1 Å². The smallest absolute Gasteiger partial charge is 0.313 e. The molecule has 0 aromatic heterocycles. The van der Waals surface area contributed by atoms with Gasteiger partial charge in [-0.25, -0.2) is 0 Å². The molecule has 0 spiro atoms. The number of carbonyl (C=O) groups is 2. The van der Waals surface area contributed by atoms with Gasteiger partial charge in [-0.1, -0.05) is 40.9 Å². The number of rotatable bonds is 3. The SMILES string of the molecule is O=C(NCc1ccc(Cl)cc1Cl)C(=O)Nc1ccc(Cl)cc1. The maximum Gasteiger partial charge on any atom is 0.313 e. The minimum Gasteiger partial charge on any atom is -0.344 e. The fourth-order valence-corrected chi connectivity index (χ4v) is 2.24. The lowest BCUT2D eigenvalue weighted by Gasteiger charge is -2.08. The van der Waals surface area contributed by atoms with E-state index < -0.39 is 11.8 Å². The highest BCUT2D eigenvalue weighted by Gasteiger charge is 2.14. The highest BCUT2D eigenvalue weighted by atomic mass is 35.5. The second kappa shape index (κ2) is 7.49. The van der Waals surface area contributed by atoms with Crippen LogP contribution >= 0.6 is 34.8 Å². The maximum atomic E-state index is 11.7. The molecule has 0 atom stereocenters. The van der Waals surface area contributed by atoms with E-state index in [1.165, 1.54) is 0 Å². The molecule has 0 saturated carbocycles. The minimum absolute atomic E-state index is 0.128. The van der Waals surface area contributed by atoms with Gasteiger partial charge in [0, 0.05) is 27.3 Å². The van der Waals surface area contributed by atoms with Crippen molar-refractivity contribution in [3.63, 3.8) is 0 Å². The summed E-state index contributed by atoms with van der Waals surface area (Å²) in [5.41, 5.74) is 1.15. The summed E-state index contributed by atoms with van der Waals surface area (Å²) in [6, 6.07) is 11.3. The molecular weight excluding hydrogens is 347 g/mol. The zero-order chi connectivity index (χ0) is 16.1. The fourth-order valence-electron chi connectivity index (χ4n) is 1.64. The van der Waals surface area contributed by atoms with Crippen molar-refractivity contribution >= 4 is 52.3 Å². The summed E-state index contributed by atoms with van der Waals surface area (Å²) < 4.78 is 0. The zero-order valence-corrected chi connectivity index (χ0v) is 13.5. The molecule has 0 fully saturated rings. The summed E-state index contributed by atoms with van der Waals surface area (Å²) in [4.78, 5) is 23.5. The Hall–Kier alpha value is -1.75. The maximum absolute atomic E-state index is 11.7. The lowest BCUT2D eigenvalue weighted by molar-refractivity contribution is -0.136. The molecule has 0 radical (unpaired) electrons. The van der Waals surface area contributed by atoms with E-state index in [-0.39, 0.29) is 6.54 Å². The summed E-state index contributed by atoms with van der Waals surface area (Å²) in [6.07, 6.45) is 0. The van der Waals surface area contributed by atoms with Gasteiger partial charge in [0.25, 0.3) is 0 Å². The molecule has 0 bridgehead atoms. The third-order valence-electron chi connectivity index (χ3n) is 2.76. The van der Waals surface area contributed by atoms with E-state index >= 15 is 0 Å². The van der Waals surface area contributed by atoms with Crippen LogP contribution in [0.5, 0.6) is 0 Å². The molecule has 0 saturated heterocycles. The predicted octanol–water partition coefficient (Wildman–Crippen LogP) is 3.90. The van der Waals surface area contributed by atoms with Crippen LogP contribution in [0.15, 0.2) is 42.5 Å². The van der Waals surface area contributed by atoms with Crippen LogP contribution in [0.2, 0.25) is 15.1 Å². The van der Waals surface area contributed by atoms with Gasteiger partial charge < -0.3 is 10.6 Å². The lowest BCUT2D eigenvalue weighted by atomic mass is 10.2. The Morgan fingerprint density at radius 2 is 1.50 bits per heavy atom. The third-order valence-corrected chi connectivity index (χ3v) is 3.60. The van der Waals surface area contributed by atoms with Crippen LogP contribution in [-0.2, 0) is 16.1 Å². The van der Waals surface area contributed by atoms with Gasteiger partial charge in [-0.05, 0) is 42.0 Å². The highest BCUT2D eigenvalue weighted by molar-refractivity contribution is 6.39. The number of carbonyl (C=O) groups excluding carboxylic acids is 2. The Bertz CT molecular complexity index is 702. The number of hydrogen-bond donors (Lipinski definition) is 2. The number of anilines is 1. The normalized spacial score (nSPS) is 10.1. The number of benzene rings is 2. The first-order valence-electron chi connectivity index (χ1n) is 6.24. The van der Waals surface area contributed by atoms with Crippen LogP contribution in [0.1, 0.15) is 5.56 Å². The number of nitrogens with one attached hydrogen (secondary N) is 2. The van der Waals surface area contributed by atoms with Crippen molar-refractivity contribution < 1.29 is 9.59 Å². The number of amides is 2. The second-order valence-corrected chi connectivity index (χ2v) is 5.66. The summed E-state index contributed by atoms with van der Waals surface area (Å²) in [5.74, 6) is -1.53. The molecule has 0 aliphatic rings. The average Bonchev–Trinajstić information content (AvgIpc) is 2.48. The van der Waals surface area contributed by atoms with Gasteiger partial charge in [0.05, 0.1) is 0 Å². The molecule has 22 heavy (non-hydrogen) atoms. The van der Waals surface area contributed by atoms with E-state index in [2.05, 4.69) is 10.6 Å². The molecule has 2 rings (SSSR count). The molecular formula is C15H11Cl3N2O2. The van der Waals surface area contributed by atoms with Gasteiger partial charge in [0.15, 0.2) is 0 Å². The molecule has 0 heterocycles. The van der Waals surface area contributed by atoms with Crippen LogP contribution in [0.25, 0.3) is 0 Å². The Labute approximate surface area is 142 Å². The molecule has 4 nitrogen and oxygen atoms in total. The van der Waals surface area contributed by atoms with Crippen molar-refractivity contribution in [1.82, 2.24) is 5.32 Å². The summed E-state index contributed by atoms with van der Waals surface area (Å²) >= 11 is 17.5. The van der Waals surface area contributed by atoms with Crippen LogP contribution < -0.4 is 10.6 Å². The first kappa shape index (κ1) is 16.6. The van der Waals surface area contributed by atoms with Crippen LogP contribution in [0, 0.1) is 0 Å². The van der Waals surface area contributed by atoms with Gasteiger partial charge >= 0.3 is 11.8 Å². The Balaban J connectivity index is 1.91. The number of hydrogen-bond acceptors (Lipinski definition) is 2. The highest BCUT2D eigenvalue weighted by Crippen LogP contribution is 2.20. The fraction of sp³-hybridized carbons (Fsp3) is 0.0667. The lowest BCUT2D eigenvalue weighted by Crippen LogP contribution is -2.35. The summed E-state index contributed by atoms with van der Waals surface area (Å²) in [7, 11) is 0. The first-order chi connectivity index (χ1) is 10.5. The molecule has 0 aliphatic carbocycles. The van der Waals surface area contributed by atoms with Gasteiger partial charge in [0.2, 0.25) is 0 Å². The third kappa shape index (κ3) is 4.63. The molecule has 7 heteroatoms. The molecule has 2 amide bonds. The van der Waals surface area contributed by atoms with E-state index in [0.29, 0.717) is 26.3 Å². The topological polar surface area (TPSA) is 58.2 Å². The molecule has 2 aromatic rings. The van der Waals surface area contributed by atoms with Gasteiger partial charge in [-0.15, -0.1) is 0 Å². The molecule has 0 unspecified atom stereocenters. The predicted molar refractivity (Wildman–Crippen MR) is 88.4 cm³/mol. The zero-order valence-electron chi connectivity index (χ0n) is 11.2. The summed E-state index contributed by atoms with van der Waals surface area (Å²) in [5, 5.41) is 6.42. The Morgan fingerprint density at radius 3 is 2.14 bits per heavy atom. The van der Waals surface area contributed by atoms with E-state index in [1.54, 1.807) is 42.5 Å². The molecule has 2 N–H and O–H groups in total. The Kier molecular flexibility index (Phi) is 5.66. The van der Waals surface area contributed by atoms with Crippen molar-refractivity contribution in [1.29, 1.82) is 0 Å². The van der Waals surface area contributed by atoms with Gasteiger partial charge in [0.1, 0.15) is 0 Å². The van der Waals surface area contributed by atoms with Crippen molar-refractivity contribution in [2.45, 2.75) is 6.54 Å². The largest absolute Gasteiger partial charge is 0.344 e. The summed E-state index contributed by atoms with van der Waals surface area (Å²) in [6.45, 7) is 0.128. The van der Waals surface area contributed by atoms with Crippen molar-refractivity contribution in [3.8, 4) is 0 Å². The first-order valence-corrected chi connectivity index (χ1v) is 7.38. The molecule has 114 valence electrons. The van der Waals surface area contributed by atoms with E-state index in [4.69, 9.17) is 34.8 Å². The molecule has 0 aliphatic heterocycles. The van der Waals surface area contributed by atoms with Gasteiger partial charge in [-0.2, -0.15) is 0 Å². The van der Waals surface area contributed by atoms with E-state index in [9.17, 15) is 9.59 Å². The van der Waals surface area contributed by atoms with E-state index in [0.717, 1.165) is 0 Å². The Morgan fingerprint density at radius 1 is 0.864 bits per heavy atom. The van der Waals surface area contributed by atoms with Crippen molar-refractivity contribution in [2.75, 3.05) is 5.32 Å². The quantitative estimate of drug-likeness (QED) is 0.819.